The van der Waals surface area contributed by atoms with Crippen molar-refractivity contribution >= 4 is 15.9 Å². The van der Waals surface area contributed by atoms with Crippen LogP contribution >= 0.6 is 0 Å². The number of carbonyl (C=O) groups excluding carboxylic acids is 1. The zero-order valence-electron chi connectivity index (χ0n) is 12.8. The average Bonchev–Trinajstić information content (AvgIpc) is 2.54. The summed E-state index contributed by atoms with van der Waals surface area (Å²) >= 11 is 0. The first-order valence-electron chi connectivity index (χ1n) is 7.37. The van der Waals surface area contributed by atoms with Gasteiger partial charge in [0, 0.05) is 18.7 Å². The summed E-state index contributed by atoms with van der Waals surface area (Å²) in [6.07, 6.45) is 0.684. The van der Waals surface area contributed by atoms with Crippen LogP contribution in [0.2, 0.25) is 0 Å². The highest BCUT2D eigenvalue weighted by molar-refractivity contribution is 7.89. The molecule has 0 atom stereocenters. The second-order valence-electron chi connectivity index (χ2n) is 5.70. The summed E-state index contributed by atoms with van der Waals surface area (Å²) < 4.78 is 27.2. The molecule has 0 fully saturated rings. The molecule has 0 saturated carbocycles. The maximum absolute atomic E-state index is 12.9. The summed E-state index contributed by atoms with van der Waals surface area (Å²) in [6.45, 7) is 2.51. The third-order valence-corrected chi connectivity index (χ3v) is 6.05. The number of carbonyl (C=O) groups is 1. The molecule has 1 heterocycles. The van der Waals surface area contributed by atoms with Crippen LogP contribution in [0.15, 0.2) is 47.4 Å². The zero-order valence-corrected chi connectivity index (χ0v) is 13.6. The Morgan fingerprint density at radius 1 is 1.13 bits per heavy atom. The summed E-state index contributed by atoms with van der Waals surface area (Å²) in [5, 5.41) is 0. The Bertz CT molecular complexity index is 875. The van der Waals surface area contributed by atoms with E-state index in [-0.39, 0.29) is 10.5 Å². The lowest BCUT2D eigenvalue weighted by molar-refractivity contribution is 0.0999. The van der Waals surface area contributed by atoms with Gasteiger partial charge < -0.3 is 5.73 Å². The molecule has 1 aliphatic rings. The normalized spacial score (nSPS) is 15.2. The van der Waals surface area contributed by atoms with Crippen LogP contribution in [-0.2, 0) is 23.0 Å². The number of nitrogens with zero attached hydrogens (tertiary/aromatic N) is 1. The highest BCUT2D eigenvalue weighted by Crippen LogP contribution is 2.26. The van der Waals surface area contributed by atoms with Crippen molar-refractivity contribution in [1.29, 1.82) is 0 Å². The Balaban J connectivity index is 1.97. The molecular weight excluding hydrogens is 312 g/mol. The Labute approximate surface area is 135 Å². The minimum atomic E-state index is -3.65. The van der Waals surface area contributed by atoms with Gasteiger partial charge in [-0.3, -0.25) is 4.79 Å². The molecule has 0 bridgehead atoms. The smallest absolute Gasteiger partial charge is 0.249 e. The van der Waals surface area contributed by atoms with Crippen molar-refractivity contribution in [3.05, 3.63) is 64.7 Å². The molecule has 2 N–H and O–H groups in total. The van der Waals surface area contributed by atoms with Gasteiger partial charge in [0.25, 0.3) is 0 Å². The highest BCUT2D eigenvalue weighted by atomic mass is 32.2. The van der Waals surface area contributed by atoms with Crippen molar-refractivity contribution in [2.45, 2.75) is 24.8 Å². The molecule has 6 heteroatoms. The van der Waals surface area contributed by atoms with Crippen LogP contribution in [-0.4, -0.2) is 25.2 Å². The third-order valence-electron chi connectivity index (χ3n) is 4.21. The topological polar surface area (TPSA) is 80.5 Å². The Morgan fingerprint density at radius 3 is 2.52 bits per heavy atom. The molecule has 1 amide bonds. The molecule has 120 valence electrons. The fraction of sp³-hybridized carbons (Fsp3) is 0.235. The lowest BCUT2D eigenvalue weighted by atomic mass is 10.0. The van der Waals surface area contributed by atoms with Crippen LogP contribution in [0.1, 0.15) is 27.0 Å². The van der Waals surface area contributed by atoms with Crippen LogP contribution in [0.4, 0.5) is 0 Å². The van der Waals surface area contributed by atoms with E-state index >= 15 is 0 Å². The van der Waals surface area contributed by atoms with Gasteiger partial charge in [0.1, 0.15) is 0 Å². The number of nitrogens with two attached hydrogens (primary N) is 1. The first-order chi connectivity index (χ1) is 10.9. The molecule has 0 aromatic heterocycles. The number of sulfonamides is 1. The summed E-state index contributed by atoms with van der Waals surface area (Å²) in [6, 6.07) is 12.3. The molecule has 2 aromatic rings. The first kappa shape index (κ1) is 15.7. The van der Waals surface area contributed by atoms with Crippen LogP contribution in [0, 0.1) is 6.92 Å². The number of primary amides is 1. The predicted octanol–water partition coefficient (Wildman–Crippen LogP) is 1.84. The van der Waals surface area contributed by atoms with Crippen molar-refractivity contribution in [2.75, 3.05) is 6.54 Å². The molecule has 2 aromatic carbocycles. The zero-order chi connectivity index (χ0) is 16.6. The van der Waals surface area contributed by atoms with Crippen LogP contribution in [0.5, 0.6) is 0 Å². The standard InChI is InChI=1S/C17H18N2O3S/c1-12-6-7-15(10-16(12)17(18)20)23(21,22)19-9-8-13-4-2-3-5-14(13)11-19/h2-7,10H,8-9,11H2,1H3,(H2,18,20). The van der Waals surface area contributed by atoms with Gasteiger partial charge in [0.15, 0.2) is 0 Å². The number of fused-ring (bicyclic) bond motifs is 1. The quantitative estimate of drug-likeness (QED) is 0.932. The van der Waals surface area contributed by atoms with E-state index in [9.17, 15) is 13.2 Å². The summed E-state index contributed by atoms with van der Waals surface area (Å²) in [5.74, 6) is -0.622. The van der Waals surface area contributed by atoms with Crippen molar-refractivity contribution < 1.29 is 13.2 Å². The molecular formula is C17H18N2O3S. The maximum atomic E-state index is 12.9. The molecule has 1 aliphatic heterocycles. The number of aryl methyl sites for hydroxylation is 1. The minimum absolute atomic E-state index is 0.108. The fourth-order valence-corrected chi connectivity index (χ4v) is 4.30. The van der Waals surface area contributed by atoms with Crippen LogP contribution in [0.3, 0.4) is 0 Å². The largest absolute Gasteiger partial charge is 0.366 e. The van der Waals surface area contributed by atoms with Gasteiger partial charge in [0.05, 0.1) is 4.90 Å². The fourth-order valence-electron chi connectivity index (χ4n) is 2.85. The SMILES string of the molecule is Cc1ccc(S(=O)(=O)N2CCc3ccccc3C2)cc1C(N)=O. The number of hydrogen-bond acceptors (Lipinski definition) is 3. The molecule has 0 aliphatic carbocycles. The van der Waals surface area contributed by atoms with Gasteiger partial charge in [-0.1, -0.05) is 30.3 Å². The van der Waals surface area contributed by atoms with E-state index in [1.165, 1.54) is 22.0 Å². The van der Waals surface area contributed by atoms with E-state index in [1.54, 1.807) is 13.0 Å². The first-order valence-corrected chi connectivity index (χ1v) is 8.81. The van der Waals surface area contributed by atoms with E-state index in [1.807, 2.05) is 24.3 Å². The molecule has 3 rings (SSSR count). The second-order valence-corrected chi connectivity index (χ2v) is 7.64. The van der Waals surface area contributed by atoms with Gasteiger partial charge in [-0.15, -0.1) is 0 Å². The van der Waals surface area contributed by atoms with E-state index < -0.39 is 15.9 Å². The van der Waals surface area contributed by atoms with Crippen molar-refractivity contribution in [3.63, 3.8) is 0 Å². The lowest BCUT2D eigenvalue weighted by Crippen LogP contribution is -2.36. The van der Waals surface area contributed by atoms with Crippen molar-refractivity contribution in [3.8, 4) is 0 Å². The molecule has 0 radical (unpaired) electrons. The number of amides is 1. The van der Waals surface area contributed by atoms with Crippen molar-refractivity contribution in [2.24, 2.45) is 5.73 Å². The summed E-state index contributed by atoms with van der Waals surface area (Å²) in [7, 11) is -3.65. The molecule has 23 heavy (non-hydrogen) atoms. The van der Waals surface area contributed by atoms with E-state index in [2.05, 4.69) is 0 Å². The third kappa shape index (κ3) is 2.87. The maximum Gasteiger partial charge on any atom is 0.249 e. The molecule has 0 saturated heterocycles. The summed E-state index contributed by atoms with van der Waals surface area (Å²) in [5.41, 5.74) is 8.43. The average molecular weight is 330 g/mol. The lowest BCUT2D eigenvalue weighted by Gasteiger charge is -2.28. The highest BCUT2D eigenvalue weighted by Gasteiger charge is 2.28. The second kappa shape index (κ2) is 5.79. The van der Waals surface area contributed by atoms with E-state index in [0.29, 0.717) is 25.1 Å². The van der Waals surface area contributed by atoms with E-state index in [4.69, 9.17) is 5.73 Å². The van der Waals surface area contributed by atoms with Gasteiger partial charge in [0.2, 0.25) is 15.9 Å². The van der Waals surface area contributed by atoms with Gasteiger partial charge in [-0.2, -0.15) is 4.31 Å². The van der Waals surface area contributed by atoms with Crippen LogP contribution < -0.4 is 5.73 Å². The van der Waals surface area contributed by atoms with Gasteiger partial charge in [-0.05, 0) is 42.2 Å². The predicted molar refractivity (Wildman–Crippen MR) is 87.4 cm³/mol. The molecule has 0 unspecified atom stereocenters. The number of rotatable bonds is 3. The number of hydrogen-bond donors (Lipinski definition) is 1. The monoisotopic (exact) mass is 330 g/mol. The van der Waals surface area contributed by atoms with Gasteiger partial charge >= 0.3 is 0 Å². The summed E-state index contributed by atoms with van der Waals surface area (Å²) in [4.78, 5) is 11.6. The number of benzene rings is 2. The van der Waals surface area contributed by atoms with Gasteiger partial charge in [-0.25, -0.2) is 8.42 Å². The van der Waals surface area contributed by atoms with Crippen LogP contribution in [0.25, 0.3) is 0 Å². The Kier molecular flexibility index (Phi) is 3.95. The Morgan fingerprint density at radius 2 is 1.83 bits per heavy atom. The Hall–Kier alpha value is -2.18. The van der Waals surface area contributed by atoms with Crippen molar-refractivity contribution in [1.82, 2.24) is 4.31 Å². The van der Waals surface area contributed by atoms with E-state index in [0.717, 1.165) is 5.56 Å². The molecule has 0 spiro atoms. The minimum Gasteiger partial charge on any atom is -0.366 e. The molecule has 5 nitrogen and oxygen atoms in total.